The molecule has 0 aliphatic carbocycles. The molecule has 12 heteroatoms. The lowest BCUT2D eigenvalue weighted by Crippen LogP contribution is -2.47. The molecule has 4 rings (SSSR count). The van der Waals surface area contributed by atoms with Crippen molar-refractivity contribution in [2.24, 2.45) is 0 Å². The van der Waals surface area contributed by atoms with Crippen molar-refractivity contribution in [3.63, 3.8) is 0 Å². The third-order valence-corrected chi connectivity index (χ3v) is 7.30. The van der Waals surface area contributed by atoms with E-state index < -0.39 is 5.60 Å². The molecule has 1 saturated heterocycles. The molecule has 210 valence electrons. The standard InChI is InChI=1S/C27H37BrN8O3/c1-26(2,3)19-5-7-20(8-6-19)33-25(38)31-11-10-29-22(37)16-34(4)17-27(39)9-13-35(18-27)23-24-32-15-21(28)36(24)14-12-30-23/h5-8,12,14-15,39H,9-11,13,16-18H2,1-4H3,(H,29,37)(H2,31,33,38). The van der Waals surface area contributed by atoms with Gasteiger partial charge in [-0.25, -0.2) is 14.8 Å². The van der Waals surface area contributed by atoms with Crippen LogP contribution in [0.15, 0.2) is 47.5 Å². The Labute approximate surface area is 237 Å². The quantitative estimate of drug-likeness (QED) is 0.278. The first-order valence-corrected chi connectivity index (χ1v) is 13.8. The van der Waals surface area contributed by atoms with Gasteiger partial charge >= 0.3 is 6.03 Å². The molecule has 1 atom stereocenters. The largest absolute Gasteiger partial charge is 0.387 e. The molecule has 3 amide bonds. The van der Waals surface area contributed by atoms with Crippen molar-refractivity contribution in [1.29, 1.82) is 0 Å². The van der Waals surface area contributed by atoms with E-state index in [0.29, 0.717) is 44.8 Å². The van der Waals surface area contributed by atoms with Crippen LogP contribution in [0.25, 0.3) is 5.65 Å². The Kier molecular flexibility index (Phi) is 8.77. The highest BCUT2D eigenvalue weighted by Crippen LogP contribution is 2.29. The van der Waals surface area contributed by atoms with Gasteiger partial charge in [-0.15, -0.1) is 0 Å². The zero-order chi connectivity index (χ0) is 28.2. The molecule has 3 heterocycles. The number of halogens is 1. The third-order valence-electron chi connectivity index (χ3n) is 6.72. The Morgan fingerprint density at radius 3 is 2.59 bits per heavy atom. The van der Waals surface area contributed by atoms with Crippen LogP contribution in [0.5, 0.6) is 0 Å². The number of aliphatic hydroxyl groups is 1. The highest BCUT2D eigenvalue weighted by Gasteiger charge is 2.38. The van der Waals surface area contributed by atoms with Gasteiger partial charge < -0.3 is 26.0 Å². The van der Waals surface area contributed by atoms with Crippen molar-refractivity contribution < 1.29 is 14.7 Å². The number of hydrogen-bond donors (Lipinski definition) is 4. The van der Waals surface area contributed by atoms with Gasteiger partial charge in [0.15, 0.2) is 11.5 Å². The Bertz CT molecular complexity index is 1310. The van der Waals surface area contributed by atoms with Crippen LogP contribution < -0.4 is 20.9 Å². The molecule has 0 spiro atoms. The van der Waals surface area contributed by atoms with Crippen LogP contribution in [0.4, 0.5) is 16.3 Å². The fourth-order valence-corrected chi connectivity index (χ4v) is 5.12. The molecule has 1 aliphatic rings. The molecule has 39 heavy (non-hydrogen) atoms. The first kappa shape index (κ1) is 28.8. The van der Waals surface area contributed by atoms with Crippen LogP contribution in [0.2, 0.25) is 0 Å². The molecule has 11 nitrogen and oxygen atoms in total. The SMILES string of the molecule is CN(CC(=O)NCCNC(=O)Nc1ccc(C(C)(C)C)cc1)CC1(O)CCN(c2nccn3c(Br)cnc23)C1. The zero-order valence-electron chi connectivity index (χ0n) is 22.9. The summed E-state index contributed by atoms with van der Waals surface area (Å²) in [6.07, 6.45) is 5.83. The third kappa shape index (κ3) is 7.46. The molecule has 2 aromatic heterocycles. The van der Waals surface area contributed by atoms with Crippen LogP contribution in [0, 0.1) is 0 Å². The minimum atomic E-state index is -0.974. The van der Waals surface area contributed by atoms with E-state index in [4.69, 9.17) is 0 Å². The average Bonchev–Trinajstić information content (AvgIpc) is 3.44. The fourth-order valence-electron chi connectivity index (χ4n) is 4.73. The minimum absolute atomic E-state index is 0.0491. The molecule has 1 aliphatic heterocycles. The number of carbonyl (C=O) groups is 2. The van der Waals surface area contributed by atoms with Crippen molar-refractivity contribution >= 4 is 45.0 Å². The number of benzene rings is 1. The van der Waals surface area contributed by atoms with Crippen molar-refractivity contribution in [1.82, 2.24) is 29.9 Å². The van der Waals surface area contributed by atoms with Gasteiger partial charge in [0.1, 0.15) is 4.60 Å². The van der Waals surface area contributed by atoms with E-state index in [1.807, 2.05) is 46.8 Å². The second kappa shape index (κ2) is 11.9. The number of β-amino-alcohol motifs (C(OH)–C–C–N with tert-alkyl or cyclic N) is 1. The molecule has 0 saturated carbocycles. The van der Waals surface area contributed by atoms with Crippen LogP contribution in [0.1, 0.15) is 32.8 Å². The summed E-state index contributed by atoms with van der Waals surface area (Å²) in [5.41, 5.74) is 1.70. The second-order valence-corrected chi connectivity index (χ2v) is 12.0. The number of amides is 3. The fraction of sp³-hybridized carbons (Fsp3) is 0.481. The maximum absolute atomic E-state index is 12.4. The van der Waals surface area contributed by atoms with Crippen molar-refractivity contribution in [3.05, 3.63) is 53.0 Å². The summed E-state index contributed by atoms with van der Waals surface area (Å²) >= 11 is 3.47. The summed E-state index contributed by atoms with van der Waals surface area (Å²) in [7, 11) is 1.81. The van der Waals surface area contributed by atoms with Gasteiger partial charge in [-0.3, -0.25) is 14.1 Å². The van der Waals surface area contributed by atoms with Crippen LogP contribution >= 0.6 is 15.9 Å². The molecule has 1 aromatic carbocycles. The lowest BCUT2D eigenvalue weighted by atomic mass is 9.87. The topological polar surface area (TPSA) is 127 Å². The van der Waals surface area contributed by atoms with Gasteiger partial charge in [-0.1, -0.05) is 32.9 Å². The number of nitrogens with one attached hydrogen (secondary N) is 3. The summed E-state index contributed by atoms with van der Waals surface area (Å²) in [4.78, 5) is 37.3. The first-order valence-electron chi connectivity index (χ1n) is 13.0. The number of aromatic nitrogens is 3. The van der Waals surface area contributed by atoms with Gasteiger partial charge in [0.2, 0.25) is 5.91 Å². The van der Waals surface area contributed by atoms with E-state index in [0.717, 1.165) is 16.1 Å². The van der Waals surface area contributed by atoms with Gasteiger partial charge in [-0.05, 0) is 52.5 Å². The van der Waals surface area contributed by atoms with E-state index in [-0.39, 0.29) is 23.9 Å². The van der Waals surface area contributed by atoms with E-state index in [1.54, 1.807) is 17.3 Å². The maximum atomic E-state index is 12.4. The Balaban J connectivity index is 1.16. The van der Waals surface area contributed by atoms with Gasteiger partial charge in [0, 0.05) is 50.8 Å². The van der Waals surface area contributed by atoms with Crippen LogP contribution in [-0.4, -0.2) is 88.2 Å². The molecule has 4 N–H and O–H groups in total. The Morgan fingerprint density at radius 2 is 1.87 bits per heavy atom. The van der Waals surface area contributed by atoms with Gasteiger partial charge in [-0.2, -0.15) is 0 Å². The number of likely N-dealkylation sites (N-methyl/N-ethyl adjacent to an activating group) is 1. The average molecular weight is 602 g/mol. The predicted molar refractivity (Wildman–Crippen MR) is 155 cm³/mol. The number of nitrogens with zero attached hydrogens (tertiary/aromatic N) is 5. The van der Waals surface area contributed by atoms with E-state index in [9.17, 15) is 14.7 Å². The van der Waals surface area contributed by atoms with Crippen molar-refractivity contribution in [2.45, 2.75) is 38.2 Å². The number of carbonyl (C=O) groups excluding carboxylic acids is 2. The second-order valence-electron chi connectivity index (χ2n) is 11.2. The van der Waals surface area contributed by atoms with Crippen molar-refractivity contribution in [2.75, 3.05) is 56.5 Å². The van der Waals surface area contributed by atoms with Crippen molar-refractivity contribution in [3.8, 4) is 0 Å². The monoisotopic (exact) mass is 600 g/mol. The zero-order valence-corrected chi connectivity index (χ0v) is 24.5. The number of rotatable bonds is 9. The predicted octanol–water partition coefficient (Wildman–Crippen LogP) is 2.60. The number of anilines is 2. The van der Waals surface area contributed by atoms with E-state index in [1.165, 1.54) is 5.56 Å². The summed E-state index contributed by atoms with van der Waals surface area (Å²) in [5.74, 6) is 0.544. The number of fused-ring (bicyclic) bond motifs is 1. The molecule has 3 aromatic rings. The molecular weight excluding hydrogens is 564 g/mol. The lowest BCUT2D eigenvalue weighted by Gasteiger charge is -2.28. The normalized spacial score (nSPS) is 17.6. The smallest absolute Gasteiger partial charge is 0.319 e. The molecule has 1 fully saturated rings. The number of urea groups is 1. The highest BCUT2D eigenvalue weighted by molar-refractivity contribution is 9.10. The molecule has 1 unspecified atom stereocenters. The van der Waals surface area contributed by atoms with Crippen LogP contribution in [0.3, 0.4) is 0 Å². The minimum Gasteiger partial charge on any atom is -0.387 e. The Hall–Kier alpha value is -3.22. The van der Waals surface area contributed by atoms with E-state index >= 15 is 0 Å². The summed E-state index contributed by atoms with van der Waals surface area (Å²) in [6, 6.07) is 7.43. The molecule has 0 bridgehead atoms. The molecular formula is C27H37BrN8O3. The lowest BCUT2D eigenvalue weighted by molar-refractivity contribution is -0.122. The van der Waals surface area contributed by atoms with Gasteiger partial charge in [0.05, 0.1) is 18.3 Å². The van der Waals surface area contributed by atoms with E-state index in [2.05, 4.69) is 62.6 Å². The summed E-state index contributed by atoms with van der Waals surface area (Å²) in [6.45, 7) is 8.53. The maximum Gasteiger partial charge on any atom is 0.319 e. The Morgan fingerprint density at radius 1 is 1.15 bits per heavy atom. The number of hydrogen-bond acceptors (Lipinski definition) is 7. The summed E-state index contributed by atoms with van der Waals surface area (Å²) in [5, 5.41) is 19.6. The summed E-state index contributed by atoms with van der Waals surface area (Å²) < 4.78 is 2.74. The van der Waals surface area contributed by atoms with Crippen LogP contribution in [-0.2, 0) is 10.2 Å². The van der Waals surface area contributed by atoms with Gasteiger partial charge in [0.25, 0.3) is 0 Å². The number of imidazole rings is 1. The first-order chi connectivity index (χ1) is 18.4. The molecule has 0 radical (unpaired) electrons. The highest BCUT2D eigenvalue weighted by atomic mass is 79.9.